The lowest BCUT2D eigenvalue weighted by atomic mass is 10.1. The number of hydrogen-bond acceptors (Lipinski definition) is 2. The first-order valence-corrected chi connectivity index (χ1v) is 6.77. The van der Waals surface area contributed by atoms with Crippen LogP contribution in [-0.2, 0) is 0 Å². The second-order valence-electron chi connectivity index (χ2n) is 4.62. The van der Waals surface area contributed by atoms with E-state index in [9.17, 15) is 4.79 Å². The van der Waals surface area contributed by atoms with Crippen molar-refractivity contribution in [2.45, 2.75) is 13.3 Å². The van der Waals surface area contributed by atoms with Crippen molar-refractivity contribution in [2.75, 3.05) is 11.9 Å². The fourth-order valence-corrected chi connectivity index (χ4v) is 1.88. The molecular formula is C18H17NO2. The minimum atomic E-state index is -0.118. The third-order valence-corrected chi connectivity index (χ3v) is 3.00. The summed E-state index contributed by atoms with van der Waals surface area (Å²) in [4.78, 5) is 12.2. The van der Waals surface area contributed by atoms with Crippen LogP contribution in [0.1, 0.15) is 27.9 Å². The molecule has 0 aromatic heterocycles. The zero-order chi connectivity index (χ0) is 15.1. The fraction of sp³-hybridized carbons (Fsp3) is 0.167. The smallest absolute Gasteiger partial charge is 0.255 e. The van der Waals surface area contributed by atoms with Gasteiger partial charge in [-0.05, 0) is 42.8 Å². The predicted octanol–water partition coefficient (Wildman–Crippen LogP) is 2.98. The van der Waals surface area contributed by atoms with Crippen molar-refractivity contribution >= 4 is 11.6 Å². The van der Waals surface area contributed by atoms with Crippen molar-refractivity contribution in [3.05, 3.63) is 65.2 Å². The summed E-state index contributed by atoms with van der Waals surface area (Å²) in [5.74, 6) is 5.68. The summed E-state index contributed by atoms with van der Waals surface area (Å²) >= 11 is 0. The van der Waals surface area contributed by atoms with Crippen LogP contribution < -0.4 is 5.32 Å². The molecule has 2 rings (SSSR count). The number of carbonyl (C=O) groups is 1. The van der Waals surface area contributed by atoms with E-state index in [0.717, 1.165) is 16.8 Å². The minimum absolute atomic E-state index is 0.0670. The van der Waals surface area contributed by atoms with Gasteiger partial charge >= 0.3 is 0 Å². The van der Waals surface area contributed by atoms with E-state index in [0.29, 0.717) is 12.0 Å². The molecular weight excluding hydrogens is 262 g/mol. The number of carbonyl (C=O) groups excluding carboxylic acids is 1. The molecule has 2 aromatic carbocycles. The molecule has 21 heavy (non-hydrogen) atoms. The highest BCUT2D eigenvalue weighted by Crippen LogP contribution is 2.13. The molecule has 0 heterocycles. The molecule has 0 saturated carbocycles. The van der Waals surface area contributed by atoms with Gasteiger partial charge in [-0.3, -0.25) is 4.79 Å². The summed E-state index contributed by atoms with van der Waals surface area (Å²) in [6.45, 7) is 1.98. The van der Waals surface area contributed by atoms with E-state index in [-0.39, 0.29) is 12.5 Å². The largest absolute Gasteiger partial charge is 0.395 e. The number of hydrogen-bond donors (Lipinski definition) is 2. The van der Waals surface area contributed by atoms with Gasteiger partial charge in [0, 0.05) is 23.2 Å². The van der Waals surface area contributed by atoms with Crippen LogP contribution in [0.3, 0.4) is 0 Å². The fourth-order valence-electron chi connectivity index (χ4n) is 1.88. The highest BCUT2D eigenvalue weighted by atomic mass is 16.2. The molecule has 0 fully saturated rings. The van der Waals surface area contributed by atoms with Crippen molar-refractivity contribution in [2.24, 2.45) is 0 Å². The van der Waals surface area contributed by atoms with Gasteiger partial charge in [0.25, 0.3) is 5.91 Å². The molecule has 0 unspecified atom stereocenters. The lowest BCUT2D eigenvalue weighted by Crippen LogP contribution is -2.13. The van der Waals surface area contributed by atoms with E-state index in [1.807, 2.05) is 49.4 Å². The Bertz CT molecular complexity index is 678. The van der Waals surface area contributed by atoms with Crippen LogP contribution >= 0.6 is 0 Å². The number of rotatable bonds is 3. The molecule has 106 valence electrons. The summed E-state index contributed by atoms with van der Waals surface area (Å²) in [5, 5.41) is 11.5. The van der Waals surface area contributed by atoms with Crippen molar-refractivity contribution in [3.63, 3.8) is 0 Å². The van der Waals surface area contributed by atoms with Crippen LogP contribution in [0, 0.1) is 18.8 Å². The zero-order valence-corrected chi connectivity index (χ0v) is 11.9. The molecule has 0 aliphatic carbocycles. The summed E-state index contributed by atoms with van der Waals surface area (Å²) in [5.41, 5.74) is 3.21. The first kappa shape index (κ1) is 14.8. The standard InChI is InChI=1S/C18H17NO2/c1-14-6-2-3-8-17(14)18(21)19-16-11-9-15(10-12-16)7-4-5-13-20/h2-3,6,8-12,20H,5,13H2,1H3,(H,19,21). The Balaban J connectivity index is 2.06. The number of aliphatic hydroxyl groups is 1. The van der Waals surface area contributed by atoms with Gasteiger partial charge in [0.2, 0.25) is 0 Å². The molecule has 0 spiro atoms. The average Bonchev–Trinajstić information content (AvgIpc) is 2.49. The Morgan fingerprint density at radius 2 is 1.86 bits per heavy atom. The number of aliphatic hydroxyl groups excluding tert-OH is 1. The van der Waals surface area contributed by atoms with Crippen LogP contribution in [0.5, 0.6) is 0 Å². The zero-order valence-electron chi connectivity index (χ0n) is 11.9. The monoisotopic (exact) mass is 279 g/mol. The quantitative estimate of drug-likeness (QED) is 0.849. The van der Waals surface area contributed by atoms with Crippen LogP contribution in [0.15, 0.2) is 48.5 Å². The summed E-state index contributed by atoms with van der Waals surface area (Å²) in [6.07, 6.45) is 0.464. The van der Waals surface area contributed by atoms with Crippen LogP contribution in [-0.4, -0.2) is 17.6 Å². The van der Waals surface area contributed by atoms with Gasteiger partial charge in [-0.1, -0.05) is 30.0 Å². The Kier molecular flexibility index (Phi) is 5.14. The topological polar surface area (TPSA) is 49.3 Å². The maximum atomic E-state index is 12.2. The van der Waals surface area contributed by atoms with Gasteiger partial charge < -0.3 is 10.4 Å². The highest BCUT2D eigenvalue weighted by Gasteiger charge is 2.07. The Hall–Kier alpha value is -2.57. The summed E-state index contributed by atoms with van der Waals surface area (Å²) in [6, 6.07) is 14.8. The molecule has 0 saturated heterocycles. The molecule has 0 aliphatic heterocycles. The van der Waals surface area contributed by atoms with E-state index in [4.69, 9.17) is 5.11 Å². The van der Waals surface area contributed by atoms with Crippen LogP contribution in [0.25, 0.3) is 0 Å². The van der Waals surface area contributed by atoms with Crippen LogP contribution in [0.2, 0.25) is 0 Å². The first-order chi connectivity index (χ1) is 10.2. The van der Waals surface area contributed by atoms with Gasteiger partial charge in [0.05, 0.1) is 6.61 Å². The molecule has 0 bridgehead atoms. The third-order valence-electron chi connectivity index (χ3n) is 3.00. The van der Waals surface area contributed by atoms with Gasteiger partial charge in [0.15, 0.2) is 0 Å². The number of amides is 1. The van der Waals surface area contributed by atoms with Crippen molar-refractivity contribution < 1.29 is 9.90 Å². The number of aryl methyl sites for hydroxylation is 1. The van der Waals surface area contributed by atoms with Crippen LogP contribution in [0.4, 0.5) is 5.69 Å². The molecule has 3 heteroatoms. The minimum Gasteiger partial charge on any atom is -0.395 e. The number of benzene rings is 2. The molecule has 0 aliphatic rings. The molecule has 2 aromatic rings. The third kappa shape index (κ3) is 4.20. The first-order valence-electron chi connectivity index (χ1n) is 6.77. The number of anilines is 1. The summed E-state index contributed by atoms with van der Waals surface area (Å²) < 4.78 is 0. The molecule has 0 radical (unpaired) electrons. The van der Waals surface area contributed by atoms with E-state index >= 15 is 0 Å². The van der Waals surface area contributed by atoms with Gasteiger partial charge in [0.1, 0.15) is 0 Å². The molecule has 1 amide bonds. The van der Waals surface area contributed by atoms with Gasteiger partial charge in [-0.15, -0.1) is 0 Å². The van der Waals surface area contributed by atoms with E-state index in [2.05, 4.69) is 17.2 Å². The highest BCUT2D eigenvalue weighted by molar-refractivity contribution is 6.05. The van der Waals surface area contributed by atoms with E-state index < -0.39 is 0 Å². The lowest BCUT2D eigenvalue weighted by Gasteiger charge is -2.07. The summed E-state index contributed by atoms with van der Waals surface area (Å²) in [7, 11) is 0. The maximum Gasteiger partial charge on any atom is 0.255 e. The predicted molar refractivity (Wildman–Crippen MR) is 84.2 cm³/mol. The average molecular weight is 279 g/mol. The van der Waals surface area contributed by atoms with Gasteiger partial charge in [-0.25, -0.2) is 0 Å². The van der Waals surface area contributed by atoms with E-state index in [1.165, 1.54) is 0 Å². The lowest BCUT2D eigenvalue weighted by molar-refractivity contribution is 0.102. The Morgan fingerprint density at radius 1 is 1.14 bits per heavy atom. The van der Waals surface area contributed by atoms with E-state index in [1.54, 1.807) is 6.07 Å². The second kappa shape index (κ2) is 7.28. The van der Waals surface area contributed by atoms with Crippen molar-refractivity contribution in [1.29, 1.82) is 0 Å². The molecule has 3 nitrogen and oxygen atoms in total. The molecule has 2 N–H and O–H groups in total. The normalized spacial score (nSPS) is 9.62. The second-order valence-corrected chi connectivity index (χ2v) is 4.62. The van der Waals surface area contributed by atoms with Crippen molar-refractivity contribution in [3.8, 4) is 11.8 Å². The van der Waals surface area contributed by atoms with Crippen molar-refractivity contribution in [1.82, 2.24) is 0 Å². The number of nitrogens with one attached hydrogen (secondary N) is 1. The molecule has 0 atom stereocenters. The Labute approximate surface area is 124 Å². The van der Waals surface area contributed by atoms with Gasteiger partial charge in [-0.2, -0.15) is 0 Å². The maximum absolute atomic E-state index is 12.2. The SMILES string of the molecule is Cc1ccccc1C(=O)Nc1ccc(C#CCCO)cc1. The Morgan fingerprint density at radius 3 is 2.52 bits per heavy atom.